The molecule has 0 N–H and O–H groups in total. The van der Waals surface area contributed by atoms with Crippen molar-refractivity contribution in [2.45, 2.75) is 12.2 Å². The van der Waals surface area contributed by atoms with Gasteiger partial charge in [0.1, 0.15) is 9.57 Å². The molecule has 1 aliphatic heterocycles. The van der Waals surface area contributed by atoms with Gasteiger partial charge in [-0.1, -0.05) is 60.4 Å². The van der Waals surface area contributed by atoms with E-state index >= 15 is 0 Å². The summed E-state index contributed by atoms with van der Waals surface area (Å²) in [4.78, 5) is 19.2. The average molecular weight is 338 g/mol. The number of amides is 1. The van der Waals surface area contributed by atoms with E-state index in [4.69, 9.17) is 17.2 Å². The number of pyridine rings is 1. The summed E-state index contributed by atoms with van der Waals surface area (Å²) in [5, 5.41) is 1.76. The van der Waals surface area contributed by atoms with Crippen molar-refractivity contribution in [2.75, 3.05) is 6.54 Å². The van der Waals surface area contributed by atoms with Crippen LogP contribution in [0.2, 0.25) is 0 Å². The zero-order chi connectivity index (χ0) is 16.0. The van der Waals surface area contributed by atoms with Gasteiger partial charge in [-0.3, -0.25) is 9.69 Å². The van der Waals surface area contributed by atoms with Crippen molar-refractivity contribution < 1.29 is 4.79 Å². The van der Waals surface area contributed by atoms with Crippen LogP contribution in [-0.2, 0) is 4.79 Å². The number of rotatable bonds is 2. The molecule has 114 valence electrons. The van der Waals surface area contributed by atoms with Gasteiger partial charge in [0.2, 0.25) is 5.91 Å². The molecule has 1 amide bonds. The normalized spacial score (nSPS) is 18.3. The van der Waals surface area contributed by atoms with Gasteiger partial charge in [-0.15, -0.1) is 0 Å². The maximum atomic E-state index is 12.8. The van der Waals surface area contributed by atoms with Crippen LogP contribution < -0.4 is 0 Å². The Morgan fingerprint density at radius 3 is 2.17 bits per heavy atom. The van der Waals surface area contributed by atoms with E-state index in [-0.39, 0.29) is 11.2 Å². The number of carbonyl (C=O) groups excluding carboxylic acids is 1. The van der Waals surface area contributed by atoms with Crippen molar-refractivity contribution in [1.82, 2.24) is 9.88 Å². The van der Waals surface area contributed by atoms with Crippen molar-refractivity contribution in [3.63, 3.8) is 0 Å². The first kappa shape index (κ1) is 14.6. The van der Waals surface area contributed by atoms with Crippen LogP contribution in [0, 0.1) is 0 Å². The highest BCUT2D eigenvalue weighted by Crippen LogP contribution is 2.44. The lowest BCUT2D eigenvalue weighted by molar-refractivity contribution is -0.125. The fourth-order valence-electron chi connectivity index (χ4n) is 3.07. The molecule has 0 aliphatic carbocycles. The largest absolute Gasteiger partial charge is 0.297 e. The molecule has 0 radical (unpaired) electrons. The average Bonchev–Trinajstić information content (AvgIpc) is 2.86. The van der Waals surface area contributed by atoms with Gasteiger partial charge in [-0.05, 0) is 24.6 Å². The first-order valence-corrected chi connectivity index (χ1v) is 8.79. The van der Waals surface area contributed by atoms with Crippen molar-refractivity contribution in [1.29, 1.82) is 0 Å². The second kappa shape index (κ2) is 5.58. The van der Waals surface area contributed by atoms with Gasteiger partial charge in [-0.25, -0.2) is 4.98 Å². The molecule has 1 aliphatic rings. The predicted octanol–water partition coefficient (Wildman–Crippen LogP) is 4.31. The number of thiocarbonyl (C=S) groups is 1. The molecular weight excluding hydrogens is 324 g/mol. The molecule has 23 heavy (non-hydrogen) atoms. The lowest BCUT2D eigenvalue weighted by atomic mass is 9.99. The van der Waals surface area contributed by atoms with Crippen LogP contribution in [-0.4, -0.2) is 26.7 Å². The number of aromatic nitrogens is 1. The molecule has 1 fully saturated rings. The minimum absolute atomic E-state index is 0.0732. The molecule has 0 saturated carbocycles. The highest BCUT2D eigenvalue weighted by atomic mass is 32.2. The quantitative estimate of drug-likeness (QED) is 0.515. The monoisotopic (exact) mass is 338 g/mol. The minimum atomic E-state index is -0.291. The van der Waals surface area contributed by atoms with Crippen molar-refractivity contribution in [3.05, 3.63) is 54.1 Å². The summed E-state index contributed by atoms with van der Waals surface area (Å²) in [6.07, 6.45) is 0. The summed E-state index contributed by atoms with van der Waals surface area (Å²) in [6, 6.07) is 16.0. The molecule has 2 aromatic carbocycles. The summed E-state index contributed by atoms with van der Waals surface area (Å²) in [5.74, 6) is 0.0732. The lowest BCUT2D eigenvalue weighted by Gasteiger charge is -2.15. The molecule has 1 saturated heterocycles. The summed E-state index contributed by atoms with van der Waals surface area (Å²) >= 11 is 6.86. The molecule has 0 bridgehead atoms. The van der Waals surface area contributed by atoms with Crippen LogP contribution in [0.4, 0.5) is 0 Å². The zero-order valence-electron chi connectivity index (χ0n) is 12.5. The number of hydrogen-bond donors (Lipinski definition) is 0. The topological polar surface area (TPSA) is 33.2 Å². The van der Waals surface area contributed by atoms with Crippen LogP contribution in [0.25, 0.3) is 21.8 Å². The van der Waals surface area contributed by atoms with Crippen LogP contribution in [0.1, 0.15) is 17.7 Å². The molecule has 0 spiro atoms. The number of nitrogens with zero attached hydrogens (tertiary/aromatic N) is 2. The maximum Gasteiger partial charge on any atom is 0.246 e. The van der Waals surface area contributed by atoms with Gasteiger partial charge in [-0.2, -0.15) is 0 Å². The Kier molecular flexibility index (Phi) is 3.54. The maximum absolute atomic E-state index is 12.8. The van der Waals surface area contributed by atoms with Gasteiger partial charge in [0.15, 0.2) is 0 Å². The van der Waals surface area contributed by atoms with Crippen LogP contribution in [0.3, 0.4) is 0 Å². The zero-order valence-corrected chi connectivity index (χ0v) is 14.2. The van der Waals surface area contributed by atoms with Gasteiger partial charge in [0, 0.05) is 17.3 Å². The molecular formula is C18H14N2OS2. The van der Waals surface area contributed by atoms with E-state index in [1.54, 1.807) is 4.90 Å². The molecule has 3 aromatic rings. The molecule has 4 rings (SSSR count). The fourth-order valence-corrected chi connectivity index (χ4v) is 4.72. The van der Waals surface area contributed by atoms with E-state index in [9.17, 15) is 4.79 Å². The number of fused-ring (bicyclic) bond motifs is 2. The predicted molar refractivity (Wildman–Crippen MR) is 99.6 cm³/mol. The fraction of sp³-hybridized carbons (Fsp3) is 0.167. The Labute approximate surface area is 143 Å². The number of carbonyl (C=O) groups is 1. The second-order valence-electron chi connectivity index (χ2n) is 5.41. The van der Waals surface area contributed by atoms with Gasteiger partial charge >= 0.3 is 0 Å². The van der Waals surface area contributed by atoms with Gasteiger partial charge in [0.25, 0.3) is 0 Å². The molecule has 1 atom stereocenters. The molecule has 3 nitrogen and oxygen atoms in total. The summed E-state index contributed by atoms with van der Waals surface area (Å²) in [6.45, 7) is 2.57. The van der Waals surface area contributed by atoms with E-state index in [0.717, 1.165) is 27.4 Å². The second-order valence-corrected chi connectivity index (χ2v) is 7.14. The number of para-hydroxylation sites is 2. The van der Waals surface area contributed by atoms with Crippen LogP contribution in [0.5, 0.6) is 0 Å². The molecule has 1 unspecified atom stereocenters. The summed E-state index contributed by atoms with van der Waals surface area (Å²) in [5.41, 5.74) is 2.85. The SMILES string of the molecule is CCN1C(=O)C(c2c3ccccc3nc3ccccc23)SC1=S. The highest BCUT2D eigenvalue weighted by Gasteiger charge is 2.38. The van der Waals surface area contributed by atoms with Crippen LogP contribution in [0.15, 0.2) is 48.5 Å². The third-order valence-corrected chi connectivity index (χ3v) is 5.74. The molecule has 5 heteroatoms. The number of benzene rings is 2. The van der Waals surface area contributed by atoms with Crippen LogP contribution >= 0.6 is 24.0 Å². The van der Waals surface area contributed by atoms with E-state index in [1.165, 1.54) is 11.8 Å². The Hall–Kier alpha value is -1.98. The number of thioether (sulfide) groups is 1. The summed E-state index contributed by atoms with van der Waals surface area (Å²) < 4.78 is 0.660. The van der Waals surface area contributed by atoms with E-state index in [1.807, 2.05) is 55.5 Å². The van der Waals surface area contributed by atoms with E-state index < -0.39 is 0 Å². The summed E-state index contributed by atoms with van der Waals surface area (Å²) in [7, 11) is 0. The first-order valence-electron chi connectivity index (χ1n) is 7.50. The Bertz CT molecular complexity index is 900. The Morgan fingerprint density at radius 1 is 1.09 bits per heavy atom. The first-order chi connectivity index (χ1) is 11.2. The number of likely N-dealkylation sites (N-methyl/N-ethyl adjacent to an activating group) is 1. The Balaban J connectivity index is 2.04. The van der Waals surface area contributed by atoms with Crippen molar-refractivity contribution in [3.8, 4) is 0 Å². The number of hydrogen-bond acceptors (Lipinski definition) is 4. The smallest absolute Gasteiger partial charge is 0.246 e. The highest BCUT2D eigenvalue weighted by molar-refractivity contribution is 8.24. The Morgan fingerprint density at radius 2 is 1.65 bits per heavy atom. The van der Waals surface area contributed by atoms with Gasteiger partial charge in [0.05, 0.1) is 11.0 Å². The minimum Gasteiger partial charge on any atom is -0.297 e. The van der Waals surface area contributed by atoms with E-state index in [2.05, 4.69) is 0 Å². The van der Waals surface area contributed by atoms with Gasteiger partial charge < -0.3 is 0 Å². The van der Waals surface area contributed by atoms with E-state index in [0.29, 0.717) is 10.9 Å². The molecule has 1 aromatic heterocycles. The standard InChI is InChI=1S/C18H14N2OS2/c1-2-20-17(21)16(23-18(20)22)15-11-7-3-5-9-13(11)19-14-10-6-4-8-12(14)15/h3-10,16H,2H2,1H3. The third-order valence-electron chi connectivity index (χ3n) is 4.14. The van der Waals surface area contributed by atoms with Crippen molar-refractivity contribution >= 4 is 56.0 Å². The van der Waals surface area contributed by atoms with Crippen molar-refractivity contribution in [2.24, 2.45) is 0 Å². The third kappa shape index (κ3) is 2.23. The molecule has 2 heterocycles. The lowest BCUT2D eigenvalue weighted by Crippen LogP contribution is -2.28.